The number of thiophene rings is 1. The lowest BCUT2D eigenvalue weighted by Crippen LogP contribution is -2.42. The number of nitrogens with one attached hydrogen (secondary N) is 1. The third-order valence-corrected chi connectivity index (χ3v) is 4.07. The van der Waals surface area contributed by atoms with Crippen molar-refractivity contribution >= 4 is 39.1 Å². The lowest BCUT2D eigenvalue weighted by Gasteiger charge is -2.12. The van der Waals surface area contributed by atoms with Crippen molar-refractivity contribution in [2.45, 2.75) is 18.9 Å². The van der Waals surface area contributed by atoms with E-state index in [1.807, 2.05) is 0 Å². The zero-order valence-corrected chi connectivity index (χ0v) is 10.7. The van der Waals surface area contributed by atoms with Crippen LogP contribution in [0.5, 0.6) is 0 Å². The average Bonchev–Trinajstić information content (AvgIpc) is 2.96. The molecule has 1 atom stereocenters. The molecule has 1 aliphatic carbocycles. The Bertz CT molecular complexity index is 427. The van der Waals surface area contributed by atoms with Gasteiger partial charge in [-0.25, -0.2) is 4.79 Å². The Morgan fingerprint density at radius 1 is 1.50 bits per heavy atom. The van der Waals surface area contributed by atoms with Gasteiger partial charge >= 0.3 is 5.97 Å². The van der Waals surface area contributed by atoms with Crippen LogP contribution in [0.3, 0.4) is 0 Å². The molecule has 2 rings (SSSR count). The summed E-state index contributed by atoms with van der Waals surface area (Å²) < 4.78 is 0.857. The summed E-state index contributed by atoms with van der Waals surface area (Å²) in [6, 6.07) is 2.70. The van der Waals surface area contributed by atoms with Crippen molar-refractivity contribution in [2.24, 2.45) is 5.92 Å². The van der Waals surface area contributed by atoms with Gasteiger partial charge in [0.1, 0.15) is 6.04 Å². The number of carbonyl (C=O) groups excluding carboxylic acids is 1. The highest BCUT2D eigenvalue weighted by atomic mass is 79.9. The topological polar surface area (TPSA) is 66.4 Å². The number of hydrogen-bond donors (Lipinski definition) is 2. The number of rotatable bonds is 4. The van der Waals surface area contributed by atoms with Gasteiger partial charge in [-0.2, -0.15) is 0 Å². The third-order valence-electron chi connectivity index (χ3n) is 2.44. The highest BCUT2D eigenvalue weighted by molar-refractivity contribution is 9.11. The molecule has 0 aromatic carbocycles. The maximum absolute atomic E-state index is 11.7. The van der Waals surface area contributed by atoms with E-state index in [0.717, 1.165) is 16.6 Å². The van der Waals surface area contributed by atoms with Crippen molar-refractivity contribution in [3.63, 3.8) is 0 Å². The first-order valence-electron chi connectivity index (χ1n) is 4.87. The summed E-state index contributed by atoms with van der Waals surface area (Å²) in [5.41, 5.74) is 0. The minimum Gasteiger partial charge on any atom is -0.480 e. The SMILES string of the molecule is O=C(NC(C(=O)O)C1CC1)c1ccc(Br)s1. The normalized spacial score (nSPS) is 16.8. The van der Waals surface area contributed by atoms with Crippen LogP contribution in [0, 0.1) is 5.92 Å². The van der Waals surface area contributed by atoms with E-state index in [0.29, 0.717) is 4.88 Å². The Morgan fingerprint density at radius 2 is 2.19 bits per heavy atom. The molecule has 86 valence electrons. The molecule has 1 unspecified atom stereocenters. The number of carboxylic acid groups (broad SMARTS) is 1. The van der Waals surface area contributed by atoms with Gasteiger partial charge < -0.3 is 10.4 Å². The van der Waals surface area contributed by atoms with E-state index in [1.54, 1.807) is 12.1 Å². The molecule has 6 heteroatoms. The molecule has 0 aliphatic heterocycles. The van der Waals surface area contributed by atoms with Crippen LogP contribution >= 0.6 is 27.3 Å². The minimum absolute atomic E-state index is 0.102. The van der Waals surface area contributed by atoms with Gasteiger partial charge in [0.2, 0.25) is 0 Å². The van der Waals surface area contributed by atoms with Gasteiger partial charge in [0, 0.05) is 0 Å². The maximum atomic E-state index is 11.7. The molecular weight excluding hydrogens is 294 g/mol. The van der Waals surface area contributed by atoms with E-state index in [4.69, 9.17) is 5.11 Å². The number of aliphatic carboxylic acids is 1. The lowest BCUT2D eigenvalue weighted by molar-refractivity contribution is -0.139. The van der Waals surface area contributed by atoms with Gasteiger partial charge in [0.05, 0.1) is 8.66 Å². The first-order chi connectivity index (χ1) is 7.58. The quantitative estimate of drug-likeness (QED) is 0.895. The summed E-state index contributed by atoms with van der Waals surface area (Å²) in [5.74, 6) is -1.16. The lowest BCUT2D eigenvalue weighted by atomic mass is 10.2. The smallest absolute Gasteiger partial charge is 0.326 e. The van der Waals surface area contributed by atoms with Crippen LogP contribution in [0.25, 0.3) is 0 Å². The summed E-state index contributed by atoms with van der Waals surface area (Å²) in [6.45, 7) is 0. The molecule has 1 amide bonds. The molecule has 1 aliphatic rings. The van der Waals surface area contributed by atoms with Crippen LogP contribution in [-0.2, 0) is 4.79 Å². The highest BCUT2D eigenvalue weighted by Crippen LogP contribution is 2.33. The molecule has 0 spiro atoms. The van der Waals surface area contributed by atoms with Crippen molar-refractivity contribution in [3.8, 4) is 0 Å². The maximum Gasteiger partial charge on any atom is 0.326 e. The Morgan fingerprint density at radius 3 is 2.62 bits per heavy atom. The summed E-state index contributed by atoms with van der Waals surface area (Å²) in [4.78, 5) is 23.2. The summed E-state index contributed by atoms with van der Waals surface area (Å²) in [6.07, 6.45) is 1.76. The minimum atomic E-state index is -0.952. The van der Waals surface area contributed by atoms with Crippen LogP contribution in [0.1, 0.15) is 22.5 Å². The fourth-order valence-corrected chi connectivity index (χ4v) is 2.75. The molecule has 0 radical (unpaired) electrons. The van der Waals surface area contributed by atoms with Crippen molar-refractivity contribution < 1.29 is 14.7 Å². The summed E-state index contributed by atoms with van der Waals surface area (Å²) >= 11 is 4.55. The Hall–Kier alpha value is -0.880. The molecule has 0 saturated heterocycles. The van der Waals surface area contributed by atoms with E-state index in [9.17, 15) is 9.59 Å². The molecule has 4 nitrogen and oxygen atoms in total. The van der Waals surface area contributed by atoms with Gasteiger partial charge in [-0.15, -0.1) is 11.3 Å². The number of halogens is 1. The van der Waals surface area contributed by atoms with Crippen molar-refractivity contribution in [3.05, 3.63) is 20.8 Å². The van der Waals surface area contributed by atoms with Gasteiger partial charge in [-0.1, -0.05) is 0 Å². The van der Waals surface area contributed by atoms with Crippen LogP contribution in [-0.4, -0.2) is 23.0 Å². The standard InChI is InChI=1S/C10H10BrNO3S/c11-7-4-3-6(16-7)9(13)12-8(10(14)15)5-1-2-5/h3-5,8H,1-2H2,(H,12,13)(H,14,15). The molecule has 1 saturated carbocycles. The molecular formula is C10H10BrNO3S. The monoisotopic (exact) mass is 303 g/mol. The third kappa shape index (κ3) is 2.62. The van der Waals surface area contributed by atoms with Crippen LogP contribution in [0.2, 0.25) is 0 Å². The van der Waals surface area contributed by atoms with Crippen molar-refractivity contribution in [2.75, 3.05) is 0 Å². The summed E-state index contributed by atoms with van der Waals surface area (Å²) in [7, 11) is 0. The first-order valence-corrected chi connectivity index (χ1v) is 6.48. The Balaban J connectivity index is 2.02. The molecule has 1 heterocycles. The number of carbonyl (C=O) groups is 2. The molecule has 1 aromatic heterocycles. The average molecular weight is 304 g/mol. The second kappa shape index (κ2) is 4.55. The predicted molar refractivity (Wildman–Crippen MR) is 63.6 cm³/mol. The van der Waals surface area contributed by atoms with Crippen molar-refractivity contribution in [1.29, 1.82) is 0 Å². The Kier molecular flexibility index (Phi) is 3.30. The van der Waals surface area contributed by atoms with E-state index in [-0.39, 0.29) is 11.8 Å². The van der Waals surface area contributed by atoms with Crippen molar-refractivity contribution in [1.82, 2.24) is 5.32 Å². The fraction of sp³-hybridized carbons (Fsp3) is 0.400. The van der Waals surface area contributed by atoms with E-state index in [2.05, 4.69) is 21.2 Å². The second-order valence-electron chi connectivity index (χ2n) is 3.73. The highest BCUT2D eigenvalue weighted by Gasteiger charge is 2.37. The van der Waals surface area contributed by atoms with Gasteiger partial charge in [0.25, 0.3) is 5.91 Å². The fourth-order valence-electron chi connectivity index (χ4n) is 1.46. The second-order valence-corrected chi connectivity index (χ2v) is 6.19. The van der Waals surface area contributed by atoms with Crippen LogP contribution in [0.15, 0.2) is 15.9 Å². The molecule has 1 aromatic rings. The molecule has 16 heavy (non-hydrogen) atoms. The number of hydrogen-bond acceptors (Lipinski definition) is 3. The van der Waals surface area contributed by atoms with E-state index < -0.39 is 12.0 Å². The first kappa shape index (κ1) is 11.6. The van der Waals surface area contributed by atoms with E-state index >= 15 is 0 Å². The number of amides is 1. The Labute approximate surface area is 105 Å². The van der Waals surface area contributed by atoms with Gasteiger partial charge in [-0.3, -0.25) is 4.79 Å². The number of carboxylic acids is 1. The van der Waals surface area contributed by atoms with E-state index in [1.165, 1.54) is 11.3 Å². The predicted octanol–water partition coefficient (Wildman–Crippen LogP) is 2.10. The summed E-state index contributed by atoms with van der Waals surface area (Å²) in [5, 5.41) is 11.5. The van der Waals surface area contributed by atoms with Gasteiger partial charge in [-0.05, 0) is 46.8 Å². The molecule has 1 fully saturated rings. The van der Waals surface area contributed by atoms with Crippen LogP contribution < -0.4 is 5.32 Å². The van der Waals surface area contributed by atoms with Gasteiger partial charge in [0.15, 0.2) is 0 Å². The molecule has 2 N–H and O–H groups in total. The largest absolute Gasteiger partial charge is 0.480 e. The zero-order chi connectivity index (χ0) is 11.7. The molecule has 0 bridgehead atoms. The zero-order valence-electron chi connectivity index (χ0n) is 8.27. The van der Waals surface area contributed by atoms with Crippen LogP contribution in [0.4, 0.5) is 0 Å².